The van der Waals surface area contributed by atoms with Gasteiger partial charge < -0.3 is 9.88 Å². The first kappa shape index (κ1) is 22.0. The van der Waals surface area contributed by atoms with Crippen LogP contribution in [0.5, 0.6) is 0 Å². The number of amides is 1. The van der Waals surface area contributed by atoms with Gasteiger partial charge in [-0.05, 0) is 53.9 Å². The molecule has 3 heterocycles. The number of nitrogens with one attached hydrogen (secondary N) is 1. The largest absolute Gasteiger partial charge is 0.358 e. The Morgan fingerprint density at radius 2 is 1.71 bits per heavy atom. The highest BCUT2D eigenvalue weighted by Gasteiger charge is 2.30. The Morgan fingerprint density at radius 3 is 2.57 bits per heavy atom. The summed E-state index contributed by atoms with van der Waals surface area (Å²) in [5, 5.41) is 0.777. The molecule has 0 atom stereocenters. The highest BCUT2D eigenvalue weighted by molar-refractivity contribution is 7.89. The molecule has 8 heteroatoms. The second kappa shape index (κ2) is 8.32. The minimum absolute atomic E-state index is 0.120. The molecule has 4 aromatic rings. The zero-order valence-corrected chi connectivity index (χ0v) is 19.8. The summed E-state index contributed by atoms with van der Waals surface area (Å²) in [5.41, 5.74) is 5.28. The molecule has 0 radical (unpaired) electrons. The minimum atomic E-state index is -3.75. The predicted molar refractivity (Wildman–Crippen MR) is 131 cm³/mol. The maximum Gasteiger partial charge on any atom is 0.254 e. The van der Waals surface area contributed by atoms with E-state index in [1.54, 1.807) is 29.2 Å². The number of fused-ring (bicyclic) bond motifs is 4. The molecule has 1 amide bonds. The van der Waals surface area contributed by atoms with Crippen molar-refractivity contribution in [3.8, 4) is 0 Å². The van der Waals surface area contributed by atoms with E-state index in [1.807, 2.05) is 24.3 Å². The van der Waals surface area contributed by atoms with Gasteiger partial charge >= 0.3 is 0 Å². The van der Waals surface area contributed by atoms with Crippen LogP contribution in [0.2, 0.25) is 0 Å². The zero-order valence-electron chi connectivity index (χ0n) is 19.0. The number of nitrogens with zero attached hydrogens (tertiary/aromatic N) is 2. The van der Waals surface area contributed by atoms with Gasteiger partial charge in [0.05, 0.1) is 4.90 Å². The quantitative estimate of drug-likeness (QED) is 0.468. The second-order valence-electron chi connectivity index (χ2n) is 9.13. The number of rotatable bonds is 3. The molecule has 6 nitrogen and oxygen atoms in total. The summed E-state index contributed by atoms with van der Waals surface area (Å²) in [4.78, 5) is 18.5. The summed E-state index contributed by atoms with van der Waals surface area (Å²) in [7, 11) is -3.75. The number of benzene rings is 3. The normalized spacial score (nSPS) is 16.2. The molecule has 0 bridgehead atoms. The van der Waals surface area contributed by atoms with Crippen molar-refractivity contribution >= 4 is 26.8 Å². The average Bonchev–Trinajstić information content (AvgIpc) is 3.25. The van der Waals surface area contributed by atoms with E-state index in [0.29, 0.717) is 44.6 Å². The molecule has 2 aliphatic heterocycles. The standard InChI is InChI=1S/C27H24FN3O3S/c28-21-8-9-25-23(15-21)24-17-30(12-11-26(24)29-25)27(32)19-6-3-7-22(14-19)35(33,34)31-13-10-18-4-1-2-5-20(18)16-31/h1-9,14-15,29H,10-13,16-17H2. The van der Waals surface area contributed by atoms with Crippen LogP contribution in [0, 0.1) is 5.82 Å². The van der Waals surface area contributed by atoms with Gasteiger partial charge in [-0.15, -0.1) is 0 Å². The van der Waals surface area contributed by atoms with Gasteiger partial charge in [0, 0.05) is 60.3 Å². The molecule has 0 saturated carbocycles. The van der Waals surface area contributed by atoms with Crippen LogP contribution in [0.4, 0.5) is 4.39 Å². The number of aromatic amines is 1. The van der Waals surface area contributed by atoms with Crippen molar-refractivity contribution < 1.29 is 17.6 Å². The summed E-state index contributed by atoms with van der Waals surface area (Å²) in [6.07, 6.45) is 1.29. The molecule has 3 aromatic carbocycles. The highest BCUT2D eigenvalue weighted by Crippen LogP contribution is 2.30. The molecule has 6 rings (SSSR count). The van der Waals surface area contributed by atoms with Gasteiger partial charge in [-0.25, -0.2) is 12.8 Å². The lowest BCUT2D eigenvalue weighted by Gasteiger charge is -2.29. The fourth-order valence-electron chi connectivity index (χ4n) is 5.16. The molecular weight excluding hydrogens is 465 g/mol. The van der Waals surface area contributed by atoms with Crippen LogP contribution in [0.3, 0.4) is 0 Å². The smallest absolute Gasteiger partial charge is 0.254 e. The topological polar surface area (TPSA) is 73.5 Å². The lowest BCUT2D eigenvalue weighted by atomic mass is 10.0. The summed E-state index contributed by atoms with van der Waals surface area (Å²) in [6, 6.07) is 18.8. The van der Waals surface area contributed by atoms with Crippen LogP contribution in [-0.2, 0) is 36.0 Å². The second-order valence-corrected chi connectivity index (χ2v) is 11.1. The molecule has 0 unspecified atom stereocenters. The number of aromatic nitrogens is 1. The molecule has 0 spiro atoms. The number of halogens is 1. The molecule has 0 saturated heterocycles. The van der Waals surface area contributed by atoms with Crippen LogP contribution in [0.1, 0.15) is 32.7 Å². The van der Waals surface area contributed by atoms with Crippen molar-refractivity contribution in [3.05, 3.63) is 100 Å². The number of hydrogen-bond acceptors (Lipinski definition) is 3. The molecule has 178 valence electrons. The third-order valence-electron chi connectivity index (χ3n) is 7.04. The van der Waals surface area contributed by atoms with E-state index < -0.39 is 10.0 Å². The predicted octanol–water partition coefficient (Wildman–Crippen LogP) is 4.25. The number of sulfonamides is 1. The van der Waals surface area contributed by atoms with E-state index in [1.165, 1.54) is 28.1 Å². The van der Waals surface area contributed by atoms with Gasteiger partial charge in [-0.2, -0.15) is 4.31 Å². The van der Waals surface area contributed by atoms with Crippen molar-refractivity contribution in [1.82, 2.24) is 14.2 Å². The van der Waals surface area contributed by atoms with Gasteiger partial charge in [0.2, 0.25) is 10.0 Å². The number of hydrogen-bond donors (Lipinski definition) is 1. The third kappa shape index (κ3) is 3.83. The lowest BCUT2D eigenvalue weighted by molar-refractivity contribution is 0.0735. The average molecular weight is 490 g/mol. The molecular formula is C27H24FN3O3S. The molecule has 1 N–H and O–H groups in total. The maximum atomic E-state index is 13.8. The van der Waals surface area contributed by atoms with Gasteiger partial charge in [0.25, 0.3) is 5.91 Å². The van der Waals surface area contributed by atoms with Crippen LogP contribution in [-0.4, -0.2) is 41.6 Å². The van der Waals surface area contributed by atoms with E-state index in [9.17, 15) is 17.6 Å². The first-order chi connectivity index (χ1) is 16.9. The lowest BCUT2D eigenvalue weighted by Crippen LogP contribution is -2.37. The summed E-state index contributed by atoms with van der Waals surface area (Å²) in [5.74, 6) is -0.552. The molecule has 35 heavy (non-hydrogen) atoms. The fourth-order valence-corrected chi connectivity index (χ4v) is 6.62. The molecule has 2 aliphatic rings. The number of carbonyl (C=O) groups excluding carboxylic acids is 1. The van der Waals surface area contributed by atoms with Crippen LogP contribution in [0.25, 0.3) is 10.9 Å². The van der Waals surface area contributed by atoms with Crippen molar-refractivity contribution in [2.75, 3.05) is 13.1 Å². The van der Waals surface area contributed by atoms with Gasteiger partial charge in [-0.1, -0.05) is 30.3 Å². The Balaban J connectivity index is 1.26. The Morgan fingerprint density at radius 1 is 0.886 bits per heavy atom. The summed E-state index contributed by atoms with van der Waals surface area (Å²) >= 11 is 0. The van der Waals surface area contributed by atoms with Crippen molar-refractivity contribution in [1.29, 1.82) is 0 Å². The van der Waals surface area contributed by atoms with E-state index in [-0.39, 0.29) is 16.6 Å². The van der Waals surface area contributed by atoms with Crippen LogP contribution >= 0.6 is 0 Å². The minimum Gasteiger partial charge on any atom is -0.358 e. The van der Waals surface area contributed by atoms with Gasteiger partial charge in [-0.3, -0.25) is 4.79 Å². The van der Waals surface area contributed by atoms with Crippen LogP contribution in [0.15, 0.2) is 71.6 Å². The maximum absolute atomic E-state index is 13.8. The van der Waals surface area contributed by atoms with Crippen molar-refractivity contribution in [3.63, 3.8) is 0 Å². The van der Waals surface area contributed by atoms with Crippen molar-refractivity contribution in [2.24, 2.45) is 0 Å². The Kier molecular flexibility index (Phi) is 5.23. The van der Waals surface area contributed by atoms with Gasteiger partial charge in [0.1, 0.15) is 5.82 Å². The fraction of sp³-hybridized carbons (Fsp3) is 0.222. The Bertz CT molecular complexity index is 1580. The number of H-pyrrole nitrogens is 1. The number of carbonyl (C=O) groups is 1. The first-order valence-electron chi connectivity index (χ1n) is 11.7. The van der Waals surface area contributed by atoms with E-state index >= 15 is 0 Å². The van der Waals surface area contributed by atoms with Gasteiger partial charge in [0.15, 0.2) is 0 Å². The Hall–Kier alpha value is -3.49. The monoisotopic (exact) mass is 489 g/mol. The molecule has 1 aromatic heterocycles. The summed E-state index contributed by atoms with van der Waals surface area (Å²) in [6.45, 7) is 1.57. The highest BCUT2D eigenvalue weighted by atomic mass is 32.2. The van der Waals surface area contributed by atoms with E-state index in [2.05, 4.69) is 4.98 Å². The van der Waals surface area contributed by atoms with Crippen LogP contribution < -0.4 is 0 Å². The molecule has 0 aliphatic carbocycles. The zero-order chi connectivity index (χ0) is 24.2. The van der Waals surface area contributed by atoms with Crippen molar-refractivity contribution in [2.45, 2.75) is 30.8 Å². The first-order valence-corrected chi connectivity index (χ1v) is 13.1. The SMILES string of the molecule is O=C(c1cccc(S(=O)(=O)N2CCc3ccccc3C2)c1)N1CCc2[nH]c3ccc(F)cc3c2C1. The van der Waals surface area contributed by atoms with E-state index in [4.69, 9.17) is 0 Å². The van der Waals surface area contributed by atoms with E-state index in [0.717, 1.165) is 27.7 Å². The Labute approximate surface area is 203 Å². The third-order valence-corrected chi connectivity index (χ3v) is 8.88. The molecule has 0 fully saturated rings. The summed E-state index contributed by atoms with van der Waals surface area (Å²) < 4.78 is 42.2.